The van der Waals surface area contributed by atoms with Crippen LogP contribution in [0.2, 0.25) is 0 Å². The van der Waals surface area contributed by atoms with Crippen molar-refractivity contribution in [3.8, 4) is 0 Å². The van der Waals surface area contributed by atoms with E-state index in [0.29, 0.717) is 6.54 Å². The van der Waals surface area contributed by atoms with Crippen LogP contribution in [-0.2, 0) is 13.1 Å². The van der Waals surface area contributed by atoms with Gasteiger partial charge in [0.1, 0.15) is 0 Å². The molecular weight excluding hydrogens is 301 g/mol. The van der Waals surface area contributed by atoms with Crippen LogP contribution < -0.4 is 0 Å². The van der Waals surface area contributed by atoms with Crippen molar-refractivity contribution in [1.82, 2.24) is 4.90 Å². The molecule has 0 aliphatic carbocycles. The number of aliphatic hydroxyl groups is 1. The van der Waals surface area contributed by atoms with Crippen molar-refractivity contribution in [2.75, 3.05) is 6.54 Å². The fraction of sp³-hybridized carbons (Fsp3) is 0.429. The molecule has 0 heterocycles. The maximum atomic E-state index is 9.64. The maximum Gasteiger partial charge on any atom is 0.0639 e. The molecule has 1 atom stereocenters. The van der Waals surface area contributed by atoms with Gasteiger partial charge in [-0.3, -0.25) is 9.60 Å². The summed E-state index contributed by atoms with van der Waals surface area (Å²) in [6, 6.07) is 20.8. The van der Waals surface area contributed by atoms with Gasteiger partial charge in [0.2, 0.25) is 0 Å². The van der Waals surface area contributed by atoms with Crippen LogP contribution >= 0.6 is 0 Å². The average molecular weight is 336 g/mol. The number of hydrogen-bond acceptors (Lipinski definition) is 2. The molecule has 0 aliphatic rings. The number of aliphatic hydroxyl groups excluding tert-OH is 1. The summed E-state index contributed by atoms with van der Waals surface area (Å²) in [5.74, 6) is 0. The van der Waals surface area contributed by atoms with E-state index in [0.717, 1.165) is 13.1 Å². The lowest BCUT2D eigenvalue weighted by molar-refractivity contribution is 0.118. The monoisotopic (exact) mass is 335 g/mol. The second kappa shape index (κ2) is 16.2. The summed E-state index contributed by atoms with van der Waals surface area (Å²) >= 11 is 0. The summed E-state index contributed by atoms with van der Waals surface area (Å²) in [5.41, 5.74) is 2.55. The fourth-order valence-corrected chi connectivity index (χ4v) is 2.24. The Balaban J connectivity index is 0. The van der Waals surface area contributed by atoms with Crippen molar-refractivity contribution in [3.05, 3.63) is 71.8 Å². The second-order valence-electron chi connectivity index (χ2n) is 4.99. The Hall–Kier alpha value is -1.71. The van der Waals surface area contributed by atoms with E-state index in [-0.39, 0.29) is 10.8 Å². The maximum absolute atomic E-state index is 9.64. The summed E-state index contributed by atoms with van der Waals surface area (Å²) in [7, 11) is 0. The van der Waals surface area contributed by atoms with Crippen molar-refractivity contribution >= 4 is 0 Å². The average Bonchev–Trinajstić information content (AvgIpc) is 2.60. The minimum Gasteiger partial charge on any atom is -0.392 e. The van der Waals surface area contributed by atoms with Crippen LogP contribution in [0.5, 0.6) is 0 Å². The van der Waals surface area contributed by atoms with Gasteiger partial charge in [-0.2, -0.15) is 0 Å². The molecule has 1 unspecified atom stereocenters. The molecule has 0 spiro atoms. The van der Waals surface area contributed by atoms with Crippen molar-refractivity contribution in [3.63, 3.8) is 0 Å². The van der Waals surface area contributed by atoms with Crippen molar-refractivity contribution < 1.29 is 9.81 Å². The molecule has 0 aliphatic heterocycles. The van der Waals surface area contributed by atoms with E-state index in [1.54, 1.807) is 0 Å². The number of rotatable bonds is 6. The van der Waals surface area contributed by atoms with E-state index in [1.807, 2.05) is 46.8 Å². The molecule has 0 fully saturated rings. The summed E-state index contributed by atoms with van der Waals surface area (Å²) in [4.78, 5) is 2.27. The molecule has 2 aromatic rings. The molecule has 0 saturated carbocycles. The Morgan fingerprint density at radius 1 is 0.750 bits per heavy atom. The first-order valence-corrected chi connectivity index (χ1v) is 8.72. The molecule has 0 aromatic heterocycles. The zero-order chi connectivity index (χ0) is 17.5. The van der Waals surface area contributed by atoms with Gasteiger partial charge in [-0.05, 0) is 18.1 Å². The summed E-state index contributed by atoms with van der Waals surface area (Å²) in [6.07, 6.45) is -0.313. The highest BCUT2D eigenvalue weighted by atomic mass is 19.0. The van der Waals surface area contributed by atoms with Crippen molar-refractivity contribution in [2.24, 2.45) is 0 Å². The number of benzene rings is 2. The van der Waals surface area contributed by atoms with Gasteiger partial charge < -0.3 is 5.11 Å². The van der Waals surface area contributed by atoms with E-state index >= 15 is 0 Å². The SMILES string of the molecule is CC.CC.CC(O)CN(Cc1ccccc1)Cc1ccccc1.F. The highest BCUT2D eigenvalue weighted by Crippen LogP contribution is 2.10. The molecule has 2 rings (SSSR count). The third-order valence-corrected chi connectivity index (χ3v) is 3.02. The fourth-order valence-electron chi connectivity index (χ4n) is 2.24. The first-order valence-electron chi connectivity index (χ1n) is 8.72. The molecule has 2 nitrogen and oxygen atoms in total. The van der Waals surface area contributed by atoms with Gasteiger partial charge in [0.05, 0.1) is 6.10 Å². The minimum atomic E-state index is -0.313. The predicted octanol–water partition coefficient (Wildman–Crippen LogP) is 5.27. The van der Waals surface area contributed by atoms with Crippen LogP contribution in [0.4, 0.5) is 4.70 Å². The van der Waals surface area contributed by atoms with Crippen LogP contribution in [0, 0.1) is 0 Å². The van der Waals surface area contributed by atoms with Gasteiger partial charge >= 0.3 is 0 Å². The zero-order valence-corrected chi connectivity index (χ0v) is 15.8. The predicted molar refractivity (Wildman–Crippen MR) is 104 cm³/mol. The Morgan fingerprint density at radius 3 is 1.38 bits per heavy atom. The number of hydrogen-bond donors (Lipinski definition) is 1. The van der Waals surface area contributed by atoms with Crippen LogP contribution in [0.15, 0.2) is 60.7 Å². The van der Waals surface area contributed by atoms with Crippen LogP contribution in [0.3, 0.4) is 0 Å². The minimum absolute atomic E-state index is 0. The Labute approximate surface area is 147 Å². The normalized spacial score (nSPS) is 10.5. The standard InChI is InChI=1S/C17H21NO.2C2H6.FH/c1-15(19)12-18(13-16-8-4-2-5-9-16)14-17-10-6-3-7-11-17;2*1-2;/h2-11,15,19H,12-14H2,1H3;2*1-2H3;1H. The number of halogens is 1. The molecule has 136 valence electrons. The van der Waals surface area contributed by atoms with Gasteiger partial charge in [0, 0.05) is 19.6 Å². The molecular formula is C21H34FNO. The third-order valence-electron chi connectivity index (χ3n) is 3.02. The van der Waals surface area contributed by atoms with E-state index in [2.05, 4.69) is 53.4 Å². The van der Waals surface area contributed by atoms with E-state index in [4.69, 9.17) is 0 Å². The molecule has 2 aromatic carbocycles. The highest BCUT2D eigenvalue weighted by molar-refractivity contribution is 5.17. The molecule has 0 saturated heterocycles. The van der Waals surface area contributed by atoms with Gasteiger partial charge in [-0.25, -0.2) is 0 Å². The molecule has 1 N–H and O–H groups in total. The van der Waals surface area contributed by atoms with Crippen LogP contribution in [-0.4, -0.2) is 22.7 Å². The van der Waals surface area contributed by atoms with Gasteiger partial charge in [0.25, 0.3) is 0 Å². The number of nitrogens with zero attached hydrogens (tertiary/aromatic N) is 1. The molecule has 0 amide bonds. The summed E-state index contributed by atoms with van der Waals surface area (Å²) < 4.78 is 0. The van der Waals surface area contributed by atoms with Gasteiger partial charge in [-0.15, -0.1) is 0 Å². The Bertz CT molecular complexity index is 432. The lowest BCUT2D eigenvalue weighted by atomic mass is 10.1. The van der Waals surface area contributed by atoms with Crippen LogP contribution in [0.1, 0.15) is 45.7 Å². The third kappa shape index (κ3) is 10.9. The van der Waals surface area contributed by atoms with E-state index in [9.17, 15) is 5.11 Å². The molecule has 24 heavy (non-hydrogen) atoms. The molecule has 0 bridgehead atoms. The molecule has 3 heteroatoms. The topological polar surface area (TPSA) is 23.5 Å². The van der Waals surface area contributed by atoms with Gasteiger partial charge in [-0.1, -0.05) is 88.4 Å². The largest absolute Gasteiger partial charge is 0.392 e. The van der Waals surface area contributed by atoms with E-state index < -0.39 is 0 Å². The smallest absolute Gasteiger partial charge is 0.0639 e. The zero-order valence-electron chi connectivity index (χ0n) is 15.8. The lowest BCUT2D eigenvalue weighted by Crippen LogP contribution is -2.30. The Morgan fingerprint density at radius 2 is 1.08 bits per heavy atom. The quantitative estimate of drug-likeness (QED) is 0.777. The van der Waals surface area contributed by atoms with Crippen LogP contribution in [0.25, 0.3) is 0 Å². The van der Waals surface area contributed by atoms with Crippen molar-refractivity contribution in [2.45, 2.75) is 53.8 Å². The summed E-state index contributed by atoms with van der Waals surface area (Å²) in [5, 5.41) is 9.64. The van der Waals surface area contributed by atoms with Crippen molar-refractivity contribution in [1.29, 1.82) is 0 Å². The van der Waals surface area contributed by atoms with Gasteiger partial charge in [0.15, 0.2) is 0 Å². The lowest BCUT2D eigenvalue weighted by Gasteiger charge is -2.24. The first kappa shape index (κ1) is 24.5. The second-order valence-corrected chi connectivity index (χ2v) is 4.99. The Kier molecular flexibility index (Phi) is 16.5. The summed E-state index contributed by atoms with van der Waals surface area (Å²) in [6.45, 7) is 12.2. The van der Waals surface area contributed by atoms with E-state index in [1.165, 1.54) is 11.1 Å². The first-order chi connectivity index (χ1) is 11.2. The highest BCUT2D eigenvalue weighted by Gasteiger charge is 2.09. The molecule has 0 radical (unpaired) electrons.